The number of fused-ring (bicyclic) bond motifs is 1. The van der Waals surface area contributed by atoms with Crippen molar-refractivity contribution in [1.82, 2.24) is 24.8 Å². The minimum absolute atomic E-state index is 0.164. The Balaban J connectivity index is 1.38. The second kappa shape index (κ2) is 9.97. The van der Waals surface area contributed by atoms with Crippen LogP contribution in [0.15, 0.2) is 48.9 Å². The van der Waals surface area contributed by atoms with Gasteiger partial charge in [-0.15, -0.1) is 0 Å². The first kappa shape index (κ1) is 24.4. The Bertz CT molecular complexity index is 1470. The van der Waals surface area contributed by atoms with E-state index in [-0.39, 0.29) is 17.2 Å². The van der Waals surface area contributed by atoms with Crippen molar-refractivity contribution in [3.05, 3.63) is 82.1 Å². The van der Waals surface area contributed by atoms with E-state index in [1.165, 1.54) is 36.9 Å². The summed E-state index contributed by atoms with van der Waals surface area (Å²) in [6.45, 7) is 2.40. The minimum Gasteiger partial charge on any atom is -0.494 e. The van der Waals surface area contributed by atoms with Gasteiger partial charge in [0.05, 0.1) is 42.5 Å². The van der Waals surface area contributed by atoms with Crippen molar-refractivity contribution in [3.63, 3.8) is 0 Å². The van der Waals surface area contributed by atoms with Gasteiger partial charge in [-0.3, -0.25) is 29.9 Å². The number of methoxy groups -OCH3 is 1. The quantitative estimate of drug-likeness (QED) is 0.392. The Morgan fingerprint density at radius 2 is 1.95 bits per heavy atom. The van der Waals surface area contributed by atoms with E-state index in [4.69, 9.17) is 4.74 Å². The number of hydrogen-bond acceptors (Lipinski definition) is 8. The zero-order valence-electron chi connectivity index (χ0n) is 19.7. The number of halogens is 2. The number of hydrogen-bond donors (Lipinski definition) is 1. The molecule has 1 aliphatic rings. The van der Waals surface area contributed by atoms with Crippen LogP contribution in [-0.4, -0.2) is 43.8 Å². The van der Waals surface area contributed by atoms with Gasteiger partial charge in [0.15, 0.2) is 5.13 Å². The van der Waals surface area contributed by atoms with Crippen LogP contribution < -0.4 is 10.1 Å². The van der Waals surface area contributed by atoms with Crippen LogP contribution in [0.5, 0.6) is 5.75 Å². The summed E-state index contributed by atoms with van der Waals surface area (Å²) in [5.74, 6) is -0.454. The van der Waals surface area contributed by atoms with Gasteiger partial charge in [-0.1, -0.05) is 17.4 Å². The van der Waals surface area contributed by atoms with Crippen molar-refractivity contribution in [1.29, 1.82) is 0 Å². The molecule has 0 fully saturated rings. The van der Waals surface area contributed by atoms with Gasteiger partial charge in [0.25, 0.3) is 18.2 Å². The maximum absolute atomic E-state index is 13.3. The maximum Gasteiger partial charge on any atom is 0.280 e. The van der Waals surface area contributed by atoms with E-state index in [0.29, 0.717) is 46.4 Å². The van der Waals surface area contributed by atoms with E-state index in [9.17, 15) is 18.4 Å². The van der Waals surface area contributed by atoms with E-state index in [1.54, 1.807) is 42.3 Å². The van der Waals surface area contributed by atoms with Crippen LogP contribution in [-0.2, 0) is 13.1 Å². The Morgan fingerprint density at radius 1 is 1.11 bits per heavy atom. The first-order valence-corrected chi connectivity index (χ1v) is 11.9. The fraction of sp³-hybridized carbons (Fsp3) is 0.200. The van der Waals surface area contributed by atoms with Crippen LogP contribution in [0.2, 0.25) is 0 Å². The molecule has 1 aliphatic heterocycles. The highest BCUT2D eigenvalue weighted by Gasteiger charge is 2.29. The molecular weight excluding hydrogens is 502 g/mol. The standard InChI is InChI=1S/C25H20F2N6O3S/c1-13-7-14(15-8-18(22(26)27)30-10-20(15)36-2)16(9-29-13)23(34)32-25-31-19-11-33(12-21(19)37-25)24(35)17-5-3-4-6-28-17/h3-10,22H,11-12H2,1-2H3,(H,31,32,34). The Hall–Kier alpha value is -4.32. The Morgan fingerprint density at radius 3 is 2.65 bits per heavy atom. The largest absolute Gasteiger partial charge is 0.494 e. The molecule has 0 saturated carbocycles. The fourth-order valence-corrected chi connectivity index (χ4v) is 4.95. The second-order valence-corrected chi connectivity index (χ2v) is 9.28. The molecule has 0 spiro atoms. The zero-order valence-corrected chi connectivity index (χ0v) is 20.6. The van der Waals surface area contributed by atoms with Crippen molar-refractivity contribution in [3.8, 4) is 16.9 Å². The summed E-state index contributed by atoms with van der Waals surface area (Å²) in [5, 5.41) is 3.14. The summed E-state index contributed by atoms with van der Waals surface area (Å²) < 4.78 is 32.0. The van der Waals surface area contributed by atoms with Crippen LogP contribution in [0.3, 0.4) is 0 Å². The van der Waals surface area contributed by atoms with E-state index in [1.807, 2.05) is 0 Å². The number of nitrogens with zero attached hydrogens (tertiary/aromatic N) is 5. The average Bonchev–Trinajstić information content (AvgIpc) is 3.47. The SMILES string of the molecule is COc1cnc(C(F)F)cc1-c1cc(C)ncc1C(=O)Nc1nc2c(s1)CN(C(=O)c1ccccn1)C2. The van der Waals surface area contributed by atoms with Crippen LogP contribution in [0.25, 0.3) is 11.1 Å². The highest BCUT2D eigenvalue weighted by molar-refractivity contribution is 7.16. The molecule has 12 heteroatoms. The van der Waals surface area contributed by atoms with Gasteiger partial charge in [0.2, 0.25) is 0 Å². The van der Waals surface area contributed by atoms with Gasteiger partial charge in [-0.05, 0) is 31.2 Å². The number of carbonyl (C=O) groups is 2. The van der Waals surface area contributed by atoms with Crippen molar-refractivity contribution in [2.45, 2.75) is 26.4 Å². The molecule has 5 rings (SSSR count). The molecule has 0 aromatic carbocycles. The summed E-state index contributed by atoms with van der Waals surface area (Å²) >= 11 is 1.27. The van der Waals surface area contributed by atoms with Crippen LogP contribution in [0.1, 0.15) is 49.2 Å². The zero-order chi connectivity index (χ0) is 26.1. The van der Waals surface area contributed by atoms with Crippen molar-refractivity contribution in [2.75, 3.05) is 12.4 Å². The van der Waals surface area contributed by atoms with Crippen molar-refractivity contribution < 1.29 is 23.1 Å². The van der Waals surface area contributed by atoms with Gasteiger partial charge in [0.1, 0.15) is 17.1 Å². The molecule has 2 amide bonds. The van der Waals surface area contributed by atoms with Crippen LogP contribution >= 0.6 is 11.3 Å². The van der Waals surface area contributed by atoms with Crippen LogP contribution in [0, 0.1) is 6.92 Å². The fourth-order valence-electron chi connectivity index (χ4n) is 3.97. The first-order valence-electron chi connectivity index (χ1n) is 11.1. The number of ether oxygens (including phenoxy) is 1. The summed E-state index contributed by atoms with van der Waals surface area (Å²) in [7, 11) is 1.40. The molecule has 4 aromatic heterocycles. The molecule has 0 radical (unpaired) electrons. The third-order valence-corrected chi connectivity index (χ3v) is 6.75. The highest BCUT2D eigenvalue weighted by atomic mass is 32.1. The number of carbonyl (C=O) groups excluding carboxylic acids is 2. The molecule has 0 unspecified atom stereocenters. The number of amides is 2. The number of thiazole rings is 1. The lowest BCUT2D eigenvalue weighted by Crippen LogP contribution is -2.26. The summed E-state index contributed by atoms with van der Waals surface area (Å²) in [6.07, 6.45) is 1.37. The average molecular weight is 523 g/mol. The molecule has 1 N–H and O–H groups in total. The van der Waals surface area contributed by atoms with Gasteiger partial charge in [-0.25, -0.2) is 13.8 Å². The van der Waals surface area contributed by atoms with Crippen LogP contribution in [0.4, 0.5) is 13.9 Å². The molecule has 4 aromatic rings. The number of rotatable bonds is 6. The molecule has 188 valence electrons. The number of aromatic nitrogens is 4. The smallest absolute Gasteiger partial charge is 0.280 e. The van der Waals surface area contributed by atoms with Gasteiger partial charge in [0, 0.05) is 29.2 Å². The predicted molar refractivity (Wildman–Crippen MR) is 132 cm³/mol. The predicted octanol–water partition coefficient (Wildman–Crippen LogP) is 4.66. The molecule has 5 heterocycles. The van der Waals surface area contributed by atoms with Gasteiger partial charge in [-0.2, -0.15) is 0 Å². The minimum atomic E-state index is -2.79. The molecule has 0 atom stereocenters. The van der Waals surface area contributed by atoms with E-state index in [2.05, 4.69) is 25.3 Å². The van der Waals surface area contributed by atoms with Crippen molar-refractivity contribution >= 4 is 28.3 Å². The number of aryl methyl sites for hydroxylation is 1. The molecule has 9 nitrogen and oxygen atoms in total. The number of alkyl halides is 2. The highest BCUT2D eigenvalue weighted by Crippen LogP contribution is 2.36. The molecule has 0 saturated heterocycles. The molecular formula is C25H20F2N6O3S. The lowest BCUT2D eigenvalue weighted by Gasteiger charge is -2.15. The van der Waals surface area contributed by atoms with E-state index in [0.717, 1.165) is 4.88 Å². The summed E-state index contributed by atoms with van der Waals surface area (Å²) in [5.41, 5.74) is 2.05. The Kier molecular flexibility index (Phi) is 6.57. The lowest BCUT2D eigenvalue weighted by atomic mass is 9.99. The number of nitrogens with one attached hydrogen (secondary N) is 1. The second-order valence-electron chi connectivity index (χ2n) is 8.20. The summed E-state index contributed by atoms with van der Waals surface area (Å²) in [6, 6.07) is 7.99. The normalized spacial score (nSPS) is 12.5. The third-order valence-electron chi connectivity index (χ3n) is 5.75. The van der Waals surface area contributed by atoms with Gasteiger partial charge < -0.3 is 9.64 Å². The van der Waals surface area contributed by atoms with E-state index >= 15 is 0 Å². The van der Waals surface area contributed by atoms with Crippen molar-refractivity contribution in [2.24, 2.45) is 0 Å². The number of anilines is 1. The summed E-state index contributed by atoms with van der Waals surface area (Å²) in [4.78, 5) is 45.0. The van der Waals surface area contributed by atoms with Gasteiger partial charge >= 0.3 is 0 Å². The number of pyridine rings is 3. The monoisotopic (exact) mass is 522 g/mol. The molecule has 0 aliphatic carbocycles. The Labute approximate surface area is 214 Å². The third kappa shape index (κ3) is 4.87. The lowest BCUT2D eigenvalue weighted by molar-refractivity contribution is 0.0744. The van der Waals surface area contributed by atoms with E-state index < -0.39 is 18.0 Å². The topological polar surface area (TPSA) is 110 Å². The molecule has 0 bridgehead atoms. The maximum atomic E-state index is 13.3. The first-order chi connectivity index (χ1) is 17.8. The molecule has 37 heavy (non-hydrogen) atoms.